The third-order valence-electron chi connectivity index (χ3n) is 2.16. The van der Waals surface area contributed by atoms with Gasteiger partial charge in [-0.15, -0.1) is 0 Å². The molecule has 0 saturated carbocycles. The van der Waals surface area contributed by atoms with Gasteiger partial charge >= 0.3 is 0 Å². The van der Waals surface area contributed by atoms with Crippen molar-refractivity contribution in [2.75, 3.05) is 0 Å². The van der Waals surface area contributed by atoms with Gasteiger partial charge in [0.2, 0.25) is 5.89 Å². The molecule has 0 fully saturated rings. The van der Waals surface area contributed by atoms with Crippen molar-refractivity contribution in [3.05, 3.63) is 40.2 Å². The molecular weight excluding hydrogens is 238 g/mol. The van der Waals surface area contributed by atoms with E-state index in [0.717, 1.165) is 6.20 Å². The molecule has 8 nitrogen and oxygen atoms in total. The number of aromatic nitrogens is 4. The molecule has 0 aliphatic carbocycles. The number of nitrogens with one attached hydrogen (secondary N) is 2. The van der Waals surface area contributed by atoms with Crippen molar-refractivity contribution in [1.82, 2.24) is 25.4 Å². The lowest BCUT2D eigenvalue weighted by atomic mass is 10.3. The largest absolute Gasteiger partial charge is 0.339 e. The number of hydrogen-bond donors (Lipinski definition) is 2. The fourth-order valence-electron chi connectivity index (χ4n) is 1.32. The monoisotopic (exact) mass is 249 g/mol. The van der Waals surface area contributed by atoms with Crippen LogP contribution in [0, 0.1) is 6.92 Å². The van der Waals surface area contributed by atoms with E-state index in [2.05, 4.69) is 25.4 Å². The normalized spacial score (nSPS) is 12.1. The molecule has 1 unspecified atom stereocenters. The van der Waals surface area contributed by atoms with Crippen molar-refractivity contribution in [3.63, 3.8) is 0 Å². The molecule has 8 heteroatoms. The van der Waals surface area contributed by atoms with Crippen LogP contribution in [0.2, 0.25) is 0 Å². The summed E-state index contributed by atoms with van der Waals surface area (Å²) in [5, 5.41) is 6.23. The molecule has 0 bridgehead atoms. The molecule has 0 spiro atoms. The molecule has 2 heterocycles. The summed E-state index contributed by atoms with van der Waals surface area (Å²) in [5.74, 6) is 0.316. The molecule has 0 aliphatic heterocycles. The third-order valence-corrected chi connectivity index (χ3v) is 2.16. The second-order valence-electron chi connectivity index (χ2n) is 3.69. The Morgan fingerprint density at radius 2 is 2.28 bits per heavy atom. The predicted molar refractivity (Wildman–Crippen MR) is 59.8 cm³/mol. The summed E-state index contributed by atoms with van der Waals surface area (Å²) in [5.41, 5.74) is -0.366. The Labute approximate surface area is 101 Å². The van der Waals surface area contributed by atoms with E-state index in [4.69, 9.17) is 4.52 Å². The van der Waals surface area contributed by atoms with Gasteiger partial charge in [-0.1, -0.05) is 5.16 Å². The van der Waals surface area contributed by atoms with Crippen LogP contribution in [0.5, 0.6) is 0 Å². The van der Waals surface area contributed by atoms with E-state index < -0.39 is 17.5 Å². The SMILES string of the molecule is Cc1noc(C(C)NC(=O)c2cncc(=O)[nH]2)n1. The minimum absolute atomic E-state index is 0.0746. The quantitative estimate of drug-likeness (QED) is 0.788. The van der Waals surface area contributed by atoms with Crippen LogP contribution >= 0.6 is 0 Å². The first-order valence-electron chi connectivity index (χ1n) is 5.21. The van der Waals surface area contributed by atoms with Crippen molar-refractivity contribution in [1.29, 1.82) is 0 Å². The molecule has 1 amide bonds. The Balaban J connectivity index is 2.10. The summed E-state index contributed by atoms with van der Waals surface area (Å²) in [6.45, 7) is 3.37. The van der Waals surface area contributed by atoms with Gasteiger partial charge in [0.15, 0.2) is 5.82 Å². The molecule has 0 aromatic carbocycles. The maximum Gasteiger partial charge on any atom is 0.270 e. The maximum absolute atomic E-state index is 11.8. The van der Waals surface area contributed by atoms with Crippen LogP contribution in [0.3, 0.4) is 0 Å². The molecule has 2 N–H and O–H groups in total. The van der Waals surface area contributed by atoms with Gasteiger partial charge in [0.1, 0.15) is 11.7 Å². The Kier molecular flexibility index (Phi) is 3.18. The summed E-state index contributed by atoms with van der Waals surface area (Å²) in [6, 6.07) is -0.456. The van der Waals surface area contributed by atoms with Gasteiger partial charge in [0, 0.05) is 0 Å². The minimum atomic E-state index is -0.469. The van der Waals surface area contributed by atoms with Gasteiger partial charge in [-0.2, -0.15) is 4.98 Å². The number of carbonyl (C=O) groups is 1. The predicted octanol–water partition coefficient (Wildman–Crippen LogP) is -0.0477. The fraction of sp³-hybridized carbons (Fsp3) is 0.300. The van der Waals surface area contributed by atoms with Crippen LogP contribution in [-0.4, -0.2) is 26.0 Å². The van der Waals surface area contributed by atoms with E-state index in [9.17, 15) is 9.59 Å². The molecule has 18 heavy (non-hydrogen) atoms. The highest BCUT2D eigenvalue weighted by atomic mass is 16.5. The molecule has 2 aromatic rings. The lowest BCUT2D eigenvalue weighted by Gasteiger charge is -2.08. The smallest absolute Gasteiger partial charge is 0.270 e. The van der Waals surface area contributed by atoms with Gasteiger partial charge in [0.05, 0.1) is 12.4 Å². The zero-order valence-electron chi connectivity index (χ0n) is 9.80. The lowest BCUT2D eigenvalue weighted by molar-refractivity contribution is 0.0926. The Bertz CT molecular complexity index is 618. The summed E-state index contributed by atoms with van der Waals surface area (Å²) in [7, 11) is 0. The van der Waals surface area contributed by atoms with E-state index >= 15 is 0 Å². The molecule has 2 aromatic heterocycles. The first kappa shape index (κ1) is 12.0. The molecule has 94 valence electrons. The van der Waals surface area contributed by atoms with E-state index in [0.29, 0.717) is 11.7 Å². The highest BCUT2D eigenvalue weighted by molar-refractivity contribution is 5.92. The van der Waals surface area contributed by atoms with E-state index in [-0.39, 0.29) is 5.69 Å². The van der Waals surface area contributed by atoms with Gasteiger partial charge in [-0.25, -0.2) is 0 Å². The maximum atomic E-state index is 11.8. The standard InChI is InChI=1S/C10H11N5O3/c1-5(10-13-6(2)15-18-10)12-9(17)7-3-11-4-8(16)14-7/h3-5H,1-2H3,(H,12,17)(H,14,16). The Morgan fingerprint density at radius 1 is 1.50 bits per heavy atom. The average molecular weight is 249 g/mol. The number of amides is 1. The average Bonchev–Trinajstić information content (AvgIpc) is 2.76. The van der Waals surface area contributed by atoms with Crippen molar-refractivity contribution in [2.24, 2.45) is 0 Å². The number of aromatic amines is 1. The van der Waals surface area contributed by atoms with Gasteiger partial charge in [-0.05, 0) is 13.8 Å². The van der Waals surface area contributed by atoms with Gasteiger partial charge in [0.25, 0.3) is 11.5 Å². The highest BCUT2D eigenvalue weighted by Crippen LogP contribution is 2.09. The number of hydrogen-bond acceptors (Lipinski definition) is 6. The topological polar surface area (TPSA) is 114 Å². The van der Waals surface area contributed by atoms with Crippen LogP contribution in [0.15, 0.2) is 21.7 Å². The molecule has 0 saturated heterocycles. The lowest BCUT2D eigenvalue weighted by Crippen LogP contribution is -2.29. The molecule has 1 atom stereocenters. The summed E-state index contributed by atoms with van der Waals surface area (Å²) in [4.78, 5) is 32.8. The first-order valence-corrected chi connectivity index (χ1v) is 5.21. The summed E-state index contributed by atoms with van der Waals surface area (Å²) < 4.78 is 4.92. The Morgan fingerprint density at radius 3 is 2.89 bits per heavy atom. The third kappa shape index (κ3) is 2.59. The molecule has 2 rings (SSSR count). The van der Waals surface area contributed by atoms with Crippen LogP contribution in [0.1, 0.15) is 35.2 Å². The van der Waals surface area contributed by atoms with E-state index in [1.54, 1.807) is 13.8 Å². The second-order valence-corrected chi connectivity index (χ2v) is 3.69. The molecule has 0 radical (unpaired) electrons. The Hall–Kier alpha value is -2.51. The van der Waals surface area contributed by atoms with E-state index in [1.165, 1.54) is 6.20 Å². The second kappa shape index (κ2) is 4.78. The molecule has 0 aliphatic rings. The zero-order valence-corrected chi connectivity index (χ0v) is 9.80. The number of aryl methyl sites for hydroxylation is 1. The van der Waals surface area contributed by atoms with Gasteiger partial charge < -0.3 is 14.8 Å². The summed E-state index contributed by atoms with van der Waals surface area (Å²) in [6.07, 6.45) is 2.35. The first-order chi connectivity index (χ1) is 8.56. The molecular formula is C10H11N5O3. The number of carbonyl (C=O) groups excluding carboxylic acids is 1. The number of H-pyrrole nitrogens is 1. The highest BCUT2D eigenvalue weighted by Gasteiger charge is 2.17. The zero-order chi connectivity index (χ0) is 13.1. The minimum Gasteiger partial charge on any atom is -0.339 e. The van der Waals surface area contributed by atoms with Crippen molar-refractivity contribution >= 4 is 5.91 Å². The van der Waals surface area contributed by atoms with E-state index in [1.807, 2.05) is 0 Å². The van der Waals surface area contributed by atoms with Crippen molar-refractivity contribution < 1.29 is 9.32 Å². The number of rotatable bonds is 3. The van der Waals surface area contributed by atoms with Crippen LogP contribution in [0.25, 0.3) is 0 Å². The summed E-state index contributed by atoms with van der Waals surface area (Å²) >= 11 is 0. The van der Waals surface area contributed by atoms with Crippen LogP contribution < -0.4 is 10.9 Å². The number of nitrogens with zero attached hydrogens (tertiary/aromatic N) is 3. The van der Waals surface area contributed by atoms with Crippen molar-refractivity contribution in [3.8, 4) is 0 Å². The van der Waals surface area contributed by atoms with Crippen molar-refractivity contribution in [2.45, 2.75) is 19.9 Å². The van der Waals surface area contributed by atoms with Crippen LogP contribution in [0.4, 0.5) is 0 Å². The van der Waals surface area contributed by atoms with Crippen LogP contribution in [-0.2, 0) is 0 Å². The fourth-order valence-corrected chi connectivity index (χ4v) is 1.32. The van der Waals surface area contributed by atoms with Gasteiger partial charge in [-0.3, -0.25) is 14.6 Å².